The fourth-order valence-corrected chi connectivity index (χ4v) is 0. The van der Waals surface area contributed by atoms with Crippen molar-refractivity contribution < 1.29 is 111 Å². The first-order valence-electron chi connectivity index (χ1n) is 0. The normalized spacial score (nSPS) is 0. The van der Waals surface area contributed by atoms with Crippen LogP contribution in [0.3, 0.4) is 0 Å². The maximum absolute atomic E-state index is 0. The van der Waals surface area contributed by atoms with E-state index in [1.807, 2.05) is 0 Å². The summed E-state index contributed by atoms with van der Waals surface area (Å²) in [6.07, 6.45) is 0. The molecule has 0 saturated carbocycles. The van der Waals surface area contributed by atoms with Gasteiger partial charge in [-0.2, -0.15) is 0 Å². The van der Waals surface area contributed by atoms with E-state index in [1.54, 1.807) is 0 Å². The molecule has 0 unspecified atom stereocenters. The summed E-state index contributed by atoms with van der Waals surface area (Å²) in [5, 5.41) is 0. The third-order valence-corrected chi connectivity index (χ3v) is 0. The Kier molecular flexibility index (Phi) is 5140. The summed E-state index contributed by atoms with van der Waals surface area (Å²) in [7, 11) is 0. The first kappa shape index (κ1) is 267. The monoisotopic (exact) mass is 702 g/mol. The third-order valence-electron chi connectivity index (χ3n) is 0. The van der Waals surface area contributed by atoms with Crippen LogP contribution in [0.4, 0.5) is 0 Å². The third kappa shape index (κ3) is 178. The maximum Gasteiger partial charge on any atom is 5.00 e. The minimum absolute atomic E-state index is 0. The van der Waals surface area contributed by atoms with Gasteiger partial charge in [0, 0.05) is 60.9 Å². The second kappa shape index (κ2) is 211. The van der Waals surface area contributed by atoms with Crippen LogP contribution < -0.4 is 0 Å². The molecule has 5 nitrogen and oxygen atoms in total. The van der Waals surface area contributed by atoms with Crippen LogP contribution in [0, 0.1) is 0 Å². The number of hydrogen-bond acceptors (Lipinski definition) is 0. The molecular weight excluding hydrogens is 700 g/mol. The molecular formula is O5Ru2Si2Ta2. The largest absolute Gasteiger partial charge is 5.00 e. The molecule has 0 atom stereocenters. The maximum atomic E-state index is 0. The van der Waals surface area contributed by atoms with E-state index in [9.17, 15) is 0 Å². The van der Waals surface area contributed by atoms with Crippen molar-refractivity contribution in [3.05, 3.63) is 0 Å². The van der Waals surface area contributed by atoms with Crippen molar-refractivity contribution in [3.8, 4) is 0 Å². The molecule has 0 aliphatic rings. The van der Waals surface area contributed by atoms with Crippen molar-refractivity contribution in [1.29, 1.82) is 0 Å². The van der Waals surface area contributed by atoms with E-state index in [2.05, 4.69) is 0 Å². The van der Waals surface area contributed by atoms with E-state index in [0.717, 1.165) is 0 Å². The molecule has 64 valence electrons. The van der Waals surface area contributed by atoms with Gasteiger partial charge in [0.05, 0.1) is 0 Å². The summed E-state index contributed by atoms with van der Waals surface area (Å²) in [5.41, 5.74) is 0. The molecule has 0 aliphatic carbocycles. The molecule has 0 spiro atoms. The molecule has 0 aromatic heterocycles. The fraction of sp³-hybridized carbons (Fsp3) is 0. The molecule has 0 fully saturated rings. The smallest absolute Gasteiger partial charge is 2.00 e. The first-order chi connectivity index (χ1) is 0. The van der Waals surface area contributed by atoms with Crippen LogP contribution in [0.5, 0.6) is 0 Å². The van der Waals surface area contributed by atoms with Crippen molar-refractivity contribution in [1.82, 2.24) is 0 Å². The van der Waals surface area contributed by atoms with E-state index >= 15 is 0 Å². The van der Waals surface area contributed by atoms with E-state index in [0.29, 0.717) is 0 Å². The molecule has 0 bridgehead atoms. The van der Waals surface area contributed by atoms with Crippen molar-refractivity contribution in [2.45, 2.75) is 0 Å². The minimum atomic E-state index is 0. The van der Waals surface area contributed by atoms with Gasteiger partial charge in [0.25, 0.3) is 0 Å². The van der Waals surface area contributed by atoms with Crippen molar-refractivity contribution in [3.63, 3.8) is 0 Å². The summed E-state index contributed by atoms with van der Waals surface area (Å²) < 4.78 is 0. The Morgan fingerprint density at radius 1 is 0.364 bits per heavy atom. The molecule has 0 aliphatic heterocycles. The van der Waals surface area contributed by atoms with Gasteiger partial charge in [0.15, 0.2) is 0 Å². The van der Waals surface area contributed by atoms with Crippen molar-refractivity contribution in [2.24, 2.45) is 0 Å². The predicted molar refractivity (Wildman–Crippen MR) is 14.9 cm³/mol. The predicted octanol–water partition coefficient (Wildman–Crippen LogP) is -1.37. The zero-order chi connectivity index (χ0) is 0. The van der Waals surface area contributed by atoms with Crippen LogP contribution >= 0.6 is 0 Å². The van der Waals surface area contributed by atoms with Crippen LogP contribution in [-0.2, 0) is 111 Å². The van der Waals surface area contributed by atoms with Crippen molar-refractivity contribution in [2.75, 3.05) is 0 Å². The molecule has 0 saturated heterocycles. The molecule has 0 heterocycles. The van der Waals surface area contributed by atoms with Gasteiger partial charge in [0.2, 0.25) is 0 Å². The average molecular weight is 700 g/mol. The standard InChI is InChI=1S/5O.2Ru.2Si.2Ta/q5*-2;;;;;2*+5. The average Bonchev–Trinajstić information content (AvgIpc) is 0. The Morgan fingerprint density at radius 3 is 0.364 bits per heavy atom. The number of rotatable bonds is 0. The van der Waals surface area contributed by atoms with E-state index in [1.165, 1.54) is 0 Å². The molecule has 0 amide bonds. The molecule has 11 heavy (non-hydrogen) atoms. The van der Waals surface area contributed by atoms with Crippen molar-refractivity contribution >= 4 is 21.9 Å². The quantitative estimate of drug-likeness (QED) is 0.276. The van der Waals surface area contributed by atoms with Gasteiger partial charge in [-0.05, 0) is 0 Å². The van der Waals surface area contributed by atoms with Crippen LogP contribution in [0.25, 0.3) is 0 Å². The van der Waals surface area contributed by atoms with Crippen LogP contribution in [-0.4, -0.2) is 21.9 Å². The zero-order valence-corrected chi connectivity index (χ0v) is 16.5. The van der Waals surface area contributed by atoms with Gasteiger partial charge in [0.1, 0.15) is 0 Å². The second-order valence-corrected chi connectivity index (χ2v) is 0. The Balaban J connectivity index is 0. The summed E-state index contributed by atoms with van der Waals surface area (Å²) in [6.45, 7) is 0. The van der Waals surface area contributed by atoms with Gasteiger partial charge in [-0.3, -0.25) is 0 Å². The Hall–Kier alpha value is 2.96. The van der Waals surface area contributed by atoms with E-state index in [-0.39, 0.29) is 133 Å². The summed E-state index contributed by atoms with van der Waals surface area (Å²) in [6, 6.07) is 0. The second-order valence-electron chi connectivity index (χ2n) is 0. The topological polar surface area (TPSA) is 142 Å². The molecule has 0 aromatic rings. The van der Waals surface area contributed by atoms with Gasteiger partial charge < -0.3 is 27.4 Å². The molecule has 0 aromatic carbocycles. The zero-order valence-electron chi connectivity index (χ0n) is 4.64. The Labute approximate surface area is 131 Å². The molecule has 0 rings (SSSR count). The van der Waals surface area contributed by atoms with Gasteiger partial charge in [-0.1, -0.05) is 0 Å². The van der Waals surface area contributed by atoms with Gasteiger partial charge in [-0.15, -0.1) is 0 Å². The van der Waals surface area contributed by atoms with Crippen LogP contribution in [0.2, 0.25) is 0 Å². The number of hydrogen-bond donors (Lipinski definition) is 0. The Morgan fingerprint density at radius 2 is 0.364 bits per heavy atom. The van der Waals surface area contributed by atoms with E-state index < -0.39 is 0 Å². The molecule has 11 heteroatoms. The summed E-state index contributed by atoms with van der Waals surface area (Å²) >= 11 is 0. The summed E-state index contributed by atoms with van der Waals surface area (Å²) in [4.78, 5) is 0. The van der Waals surface area contributed by atoms with Crippen LogP contribution in [0.1, 0.15) is 0 Å². The van der Waals surface area contributed by atoms with E-state index in [4.69, 9.17) is 0 Å². The van der Waals surface area contributed by atoms with Gasteiger partial charge >= 0.3 is 44.8 Å². The first-order valence-corrected chi connectivity index (χ1v) is 0. The SMILES string of the molecule is [O-2].[O-2].[O-2].[O-2].[O-2].[Ru].[Ru].[Si].[Si].[Ta+5].[Ta+5]. The summed E-state index contributed by atoms with van der Waals surface area (Å²) in [5.74, 6) is 0. The van der Waals surface area contributed by atoms with Crippen LogP contribution in [0.15, 0.2) is 0 Å². The minimum Gasteiger partial charge on any atom is -2.00 e. The Bertz CT molecular complexity index is 20.4. The van der Waals surface area contributed by atoms with Gasteiger partial charge in [-0.25, -0.2) is 0 Å². The molecule has 0 N–H and O–H groups in total. The molecule has 8 radical (unpaired) electrons. The fourth-order valence-electron chi connectivity index (χ4n) is 0.